The molecule has 8 nitrogen and oxygen atoms in total. The Kier molecular flexibility index (Phi) is 7.08. The first kappa shape index (κ1) is 23.7. The summed E-state index contributed by atoms with van der Waals surface area (Å²) in [5.74, 6) is 2.94. The third kappa shape index (κ3) is 5.46. The van der Waals surface area contributed by atoms with Crippen LogP contribution in [0, 0.1) is 0 Å². The Bertz CT molecular complexity index is 1400. The molecule has 5 rings (SSSR count). The van der Waals surface area contributed by atoms with Crippen molar-refractivity contribution in [3.05, 3.63) is 83.6 Å². The molecule has 0 fully saturated rings. The first-order valence-corrected chi connectivity index (χ1v) is 12.7. The molecule has 2 amide bonds. The second-order valence-corrected chi connectivity index (χ2v) is 9.38. The minimum atomic E-state index is -0.303. The zero-order valence-electron chi connectivity index (χ0n) is 19.8. The van der Waals surface area contributed by atoms with Gasteiger partial charge in [0.05, 0.1) is 12.8 Å². The lowest BCUT2D eigenvalue weighted by Crippen LogP contribution is -2.29. The first-order valence-electron chi connectivity index (χ1n) is 11.6. The minimum absolute atomic E-state index is 0.00890. The highest BCUT2D eigenvalue weighted by Gasteiger charge is 2.25. The Balaban J connectivity index is 1.21. The maximum absolute atomic E-state index is 12.8. The number of rotatable bonds is 9. The van der Waals surface area contributed by atoms with E-state index in [0.29, 0.717) is 18.1 Å². The number of benzene rings is 3. The molecular formula is C27H26N4O4S. The van der Waals surface area contributed by atoms with E-state index in [0.717, 1.165) is 44.8 Å². The van der Waals surface area contributed by atoms with Gasteiger partial charge in [0.1, 0.15) is 23.9 Å². The number of hydrogen-bond donors (Lipinski definition) is 2. The van der Waals surface area contributed by atoms with Crippen molar-refractivity contribution in [2.24, 2.45) is 0 Å². The number of fused-ring (bicyclic) bond motifs is 2. The van der Waals surface area contributed by atoms with Crippen molar-refractivity contribution in [1.29, 1.82) is 0 Å². The van der Waals surface area contributed by atoms with E-state index in [9.17, 15) is 9.59 Å². The van der Waals surface area contributed by atoms with Crippen LogP contribution in [0.2, 0.25) is 0 Å². The van der Waals surface area contributed by atoms with Gasteiger partial charge in [0.25, 0.3) is 5.91 Å². The lowest BCUT2D eigenvalue weighted by Gasteiger charge is -2.12. The summed E-state index contributed by atoms with van der Waals surface area (Å²) in [6.45, 7) is 0.255. The number of hydrogen-bond acceptors (Lipinski definition) is 6. The number of anilines is 1. The van der Waals surface area contributed by atoms with Crippen molar-refractivity contribution in [3.63, 3.8) is 0 Å². The van der Waals surface area contributed by atoms with Crippen LogP contribution in [0.5, 0.6) is 11.5 Å². The van der Waals surface area contributed by atoms with E-state index in [1.54, 1.807) is 23.6 Å². The molecule has 2 heterocycles. The summed E-state index contributed by atoms with van der Waals surface area (Å²) in [5.41, 5.74) is 2.82. The number of nitrogens with one attached hydrogen (secondary N) is 2. The van der Waals surface area contributed by atoms with E-state index in [1.807, 2.05) is 66.7 Å². The fraction of sp³-hybridized carbons (Fsp3) is 0.222. The van der Waals surface area contributed by atoms with Gasteiger partial charge in [0.2, 0.25) is 5.91 Å². The molecule has 0 saturated heterocycles. The predicted octanol–water partition coefficient (Wildman–Crippen LogP) is 4.13. The number of carbonyl (C=O) groups excluding carboxylic acids is 2. The highest BCUT2D eigenvalue weighted by Crippen LogP contribution is 2.34. The van der Waals surface area contributed by atoms with Gasteiger partial charge >= 0.3 is 0 Å². The van der Waals surface area contributed by atoms with Crippen molar-refractivity contribution in [3.8, 4) is 11.5 Å². The molecule has 0 saturated carbocycles. The quantitative estimate of drug-likeness (QED) is 0.358. The summed E-state index contributed by atoms with van der Waals surface area (Å²) in [6.07, 6.45) is 0. The van der Waals surface area contributed by atoms with Crippen molar-refractivity contribution < 1.29 is 19.1 Å². The Hall–Kier alpha value is -3.98. The molecule has 9 heteroatoms. The van der Waals surface area contributed by atoms with Crippen LogP contribution in [0.15, 0.2) is 66.7 Å². The van der Waals surface area contributed by atoms with Gasteiger partial charge in [-0.05, 0) is 40.6 Å². The molecule has 1 aromatic heterocycles. The maximum Gasteiger partial charge on any atom is 0.263 e. The van der Waals surface area contributed by atoms with Crippen molar-refractivity contribution in [1.82, 2.24) is 15.1 Å². The summed E-state index contributed by atoms with van der Waals surface area (Å²) in [5, 5.41) is 12.6. The largest absolute Gasteiger partial charge is 0.497 e. The van der Waals surface area contributed by atoms with Gasteiger partial charge in [0, 0.05) is 23.6 Å². The van der Waals surface area contributed by atoms with E-state index in [2.05, 4.69) is 15.7 Å². The molecule has 4 aromatic rings. The molecule has 0 unspecified atom stereocenters. The van der Waals surface area contributed by atoms with E-state index in [-0.39, 0.29) is 25.0 Å². The van der Waals surface area contributed by atoms with Crippen LogP contribution in [0.3, 0.4) is 0 Å². The van der Waals surface area contributed by atoms with Crippen LogP contribution in [0.1, 0.15) is 16.8 Å². The molecule has 3 aromatic carbocycles. The fourth-order valence-electron chi connectivity index (χ4n) is 4.03. The van der Waals surface area contributed by atoms with Gasteiger partial charge in [-0.1, -0.05) is 42.5 Å². The van der Waals surface area contributed by atoms with Gasteiger partial charge in [0.15, 0.2) is 6.61 Å². The number of aromatic nitrogens is 2. The molecule has 0 bridgehead atoms. The summed E-state index contributed by atoms with van der Waals surface area (Å²) in [6, 6.07) is 21.2. The SMILES string of the molecule is COc1ccc(CNC(=O)Cn2nc3c(c2NC(=O)COc2ccc4ccccc4c2)CSC3)cc1. The van der Waals surface area contributed by atoms with Crippen molar-refractivity contribution in [2.45, 2.75) is 24.6 Å². The Morgan fingerprint density at radius 1 is 0.972 bits per heavy atom. The highest BCUT2D eigenvalue weighted by molar-refractivity contribution is 7.98. The first-order chi connectivity index (χ1) is 17.6. The summed E-state index contributed by atoms with van der Waals surface area (Å²) in [7, 11) is 1.61. The summed E-state index contributed by atoms with van der Waals surface area (Å²) >= 11 is 1.73. The number of amides is 2. The van der Waals surface area contributed by atoms with Crippen molar-refractivity contribution in [2.75, 3.05) is 19.0 Å². The van der Waals surface area contributed by atoms with E-state index in [4.69, 9.17) is 9.47 Å². The zero-order chi connectivity index (χ0) is 24.9. The smallest absolute Gasteiger partial charge is 0.263 e. The van der Waals surface area contributed by atoms with Crippen LogP contribution in [0.4, 0.5) is 5.82 Å². The third-order valence-corrected chi connectivity index (χ3v) is 6.88. The Morgan fingerprint density at radius 3 is 2.56 bits per heavy atom. The second-order valence-electron chi connectivity index (χ2n) is 8.39. The predicted molar refractivity (Wildman–Crippen MR) is 140 cm³/mol. The number of ether oxygens (including phenoxy) is 2. The average Bonchev–Trinajstić information content (AvgIpc) is 3.48. The second kappa shape index (κ2) is 10.7. The molecular weight excluding hydrogens is 476 g/mol. The number of methoxy groups -OCH3 is 1. The molecule has 184 valence electrons. The fourth-order valence-corrected chi connectivity index (χ4v) is 5.07. The van der Waals surface area contributed by atoms with E-state index in [1.165, 1.54) is 0 Å². The standard InChI is InChI=1S/C27H26N4O4S/c1-34-21-9-6-18(7-10-21)13-28-25(32)14-31-27(23-16-36-17-24(23)30-31)29-26(33)15-35-22-11-8-19-4-2-3-5-20(19)12-22/h2-12H,13-17H2,1H3,(H,28,32)(H,29,33). The molecule has 1 aliphatic rings. The third-order valence-electron chi connectivity index (χ3n) is 5.91. The normalized spacial score (nSPS) is 12.2. The molecule has 0 spiro atoms. The van der Waals surface area contributed by atoms with E-state index >= 15 is 0 Å². The minimum Gasteiger partial charge on any atom is -0.497 e. The van der Waals surface area contributed by atoms with Crippen molar-refractivity contribution >= 4 is 40.2 Å². The maximum atomic E-state index is 12.8. The lowest BCUT2D eigenvalue weighted by molar-refractivity contribution is -0.122. The van der Waals surface area contributed by atoms with Crippen LogP contribution in [0.25, 0.3) is 10.8 Å². The lowest BCUT2D eigenvalue weighted by atomic mass is 10.1. The number of carbonyl (C=O) groups is 2. The van der Waals surface area contributed by atoms with Crippen LogP contribution >= 0.6 is 11.8 Å². The molecule has 2 N–H and O–H groups in total. The summed E-state index contributed by atoms with van der Waals surface area (Å²) in [4.78, 5) is 25.4. The summed E-state index contributed by atoms with van der Waals surface area (Å²) < 4.78 is 12.5. The molecule has 0 atom stereocenters. The van der Waals surface area contributed by atoms with Crippen LogP contribution in [-0.2, 0) is 34.2 Å². The van der Waals surface area contributed by atoms with Crippen LogP contribution in [-0.4, -0.2) is 35.3 Å². The number of thioether (sulfide) groups is 1. The average molecular weight is 503 g/mol. The van der Waals surface area contributed by atoms with Gasteiger partial charge in [-0.25, -0.2) is 4.68 Å². The molecule has 36 heavy (non-hydrogen) atoms. The molecule has 0 radical (unpaired) electrons. The van der Waals surface area contributed by atoms with Gasteiger partial charge < -0.3 is 20.1 Å². The molecule has 0 aliphatic carbocycles. The molecule has 1 aliphatic heterocycles. The number of nitrogens with zero attached hydrogens (tertiary/aromatic N) is 2. The Morgan fingerprint density at radius 2 is 1.75 bits per heavy atom. The monoisotopic (exact) mass is 502 g/mol. The zero-order valence-corrected chi connectivity index (χ0v) is 20.6. The van der Waals surface area contributed by atoms with Gasteiger partial charge in [-0.2, -0.15) is 16.9 Å². The van der Waals surface area contributed by atoms with E-state index < -0.39 is 0 Å². The topological polar surface area (TPSA) is 94.5 Å². The highest BCUT2D eigenvalue weighted by atomic mass is 32.2. The van der Waals surface area contributed by atoms with Gasteiger partial charge in [-0.15, -0.1) is 0 Å². The Labute approximate surface area is 213 Å². The van der Waals surface area contributed by atoms with Crippen LogP contribution < -0.4 is 20.1 Å². The van der Waals surface area contributed by atoms with Gasteiger partial charge in [-0.3, -0.25) is 9.59 Å².